The van der Waals surface area contributed by atoms with E-state index in [9.17, 15) is 4.57 Å². The Morgan fingerprint density at radius 1 is 0.792 bits per heavy atom. The lowest BCUT2D eigenvalue weighted by Gasteiger charge is -2.16. The molecule has 0 saturated heterocycles. The number of halogens is 1. The number of benzene rings is 3. The first-order chi connectivity index (χ1) is 11.6. The van der Waals surface area contributed by atoms with E-state index in [4.69, 9.17) is 4.76 Å². The van der Waals surface area contributed by atoms with Crippen LogP contribution in [0.15, 0.2) is 94.2 Å². The second-order valence-electron chi connectivity index (χ2n) is 5.41. The third-order valence-electron chi connectivity index (χ3n) is 3.77. The van der Waals surface area contributed by atoms with Crippen LogP contribution >= 0.6 is 23.2 Å². The van der Waals surface area contributed by atoms with Crippen LogP contribution in [0.4, 0.5) is 0 Å². The van der Waals surface area contributed by atoms with Crippen molar-refractivity contribution in [1.82, 2.24) is 0 Å². The Bertz CT molecular complexity index is 864. The van der Waals surface area contributed by atoms with Crippen molar-refractivity contribution in [2.45, 2.75) is 6.92 Å². The molecule has 0 bridgehead atoms. The molecule has 0 spiro atoms. The Morgan fingerprint density at radius 3 is 1.75 bits per heavy atom. The Morgan fingerprint density at radius 2 is 1.25 bits per heavy atom. The maximum atomic E-state index is 13.9. The lowest BCUT2D eigenvalue weighted by Crippen LogP contribution is -2.15. The van der Waals surface area contributed by atoms with Crippen LogP contribution < -0.4 is 10.6 Å². The molecular weight excluding hydrogens is 381 g/mol. The third kappa shape index (κ3) is 3.43. The maximum Gasteiger partial charge on any atom is 0.247 e. The quantitative estimate of drug-likeness (QED) is 0.440. The molecule has 24 heavy (non-hydrogen) atoms. The van der Waals surface area contributed by atoms with Gasteiger partial charge in [0.15, 0.2) is 0 Å². The first kappa shape index (κ1) is 16.9. The van der Waals surface area contributed by atoms with E-state index in [0.717, 1.165) is 26.4 Å². The molecule has 120 valence electrons. The van der Waals surface area contributed by atoms with Crippen LogP contribution in [0, 0.1) is 0 Å². The number of nitrogens with zero attached hydrogens (tertiary/aromatic N) is 1. The molecule has 0 N–H and O–H groups in total. The number of hydrogen-bond donors (Lipinski definition) is 0. The Balaban J connectivity index is 2.19. The minimum Gasteiger partial charge on any atom is -0.288 e. The minimum atomic E-state index is -3.10. The first-order valence-corrected chi connectivity index (χ1v) is 10.1. The van der Waals surface area contributed by atoms with Crippen LogP contribution in [0.2, 0.25) is 0 Å². The second kappa shape index (κ2) is 7.29. The van der Waals surface area contributed by atoms with Gasteiger partial charge in [0.05, 0.1) is 0 Å². The second-order valence-corrected chi connectivity index (χ2v) is 8.65. The van der Waals surface area contributed by atoms with Gasteiger partial charge < -0.3 is 0 Å². The summed E-state index contributed by atoms with van der Waals surface area (Å²) in [4.78, 5) is 0. The van der Waals surface area contributed by atoms with Crippen LogP contribution in [-0.4, -0.2) is 5.71 Å². The molecule has 3 aromatic rings. The van der Waals surface area contributed by atoms with Crippen molar-refractivity contribution in [2.24, 2.45) is 4.76 Å². The standard InChI is InChI=1S/C20H17BrNOP/c1-16(19-14-8-9-15-20(19)21)22-24(23,17-10-4-2-5-11-17)18-12-6-3-7-13-18/h2-15H,1H3/b22-16+. The summed E-state index contributed by atoms with van der Waals surface area (Å²) in [6, 6.07) is 26.8. The van der Waals surface area contributed by atoms with Crippen molar-refractivity contribution in [2.75, 3.05) is 0 Å². The lowest BCUT2D eigenvalue weighted by molar-refractivity contribution is 0.588. The van der Waals surface area contributed by atoms with E-state index in [1.807, 2.05) is 91.9 Å². The molecule has 4 heteroatoms. The molecule has 0 aliphatic carbocycles. The Hall–Kier alpha value is -1.96. The van der Waals surface area contributed by atoms with Gasteiger partial charge in [-0.1, -0.05) is 70.5 Å². The zero-order valence-corrected chi connectivity index (χ0v) is 15.7. The van der Waals surface area contributed by atoms with Gasteiger partial charge in [-0.05, 0) is 37.3 Å². The fourth-order valence-electron chi connectivity index (χ4n) is 2.54. The summed E-state index contributed by atoms with van der Waals surface area (Å²) in [6.45, 7) is 1.90. The lowest BCUT2D eigenvalue weighted by atomic mass is 10.1. The van der Waals surface area contributed by atoms with Crippen molar-refractivity contribution in [3.8, 4) is 0 Å². The SMILES string of the molecule is C/C(=N\P(=O)(c1ccccc1)c1ccccc1)c1ccccc1Br. The van der Waals surface area contributed by atoms with Crippen LogP contribution in [0.5, 0.6) is 0 Å². The smallest absolute Gasteiger partial charge is 0.247 e. The van der Waals surface area contributed by atoms with E-state index in [0.29, 0.717) is 0 Å². The van der Waals surface area contributed by atoms with Gasteiger partial charge in [0, 0.05) is 26.4 Å². The van der Waals surface area contributed by atoms with Gasteiger partial charge in [0.2, 0.25) is 7.29 Å². The molecule has 0 aromatic heterocycles. The van der Waals surface area contributed by atoms with Crippen LogP contribution in [0.25, 0.3) is 0 Å². The van der Waals surface area contributed by atoms with Crippen molar-refractivity contribution >= 4 is 39.5 Å². The fourth-order valence-corrected chi connectivity index (χ4v) is 5.33. The van der Waals surface area contributed by atoms with Crippen LogP contribution in [-0.2, 0) is 4.57 Å². The van der Waals surface area contributed by atoms with Crippen molar-refractivity contribution in [1.29, 1.82) is 0 Å². The monoisotopic (exact) mass is 397 g/mol. The van der Waals surface area contributed by atoms with E-state index in [2.05, 4.69) is 15.9 Å². The maximum absolute atomic E-state index is 13.9. The fraction of sp³-hybridized carbons (Fsp3) is 0.0500. The number of hydrogen-bond acceptors (Lipinski definition) is 1. The topological polar surface area (TPSA) is 29.4 Å². The van der Waals surface area contributed by atoms with Gasteiger partial charge in [0.25, 0.3) is 0 Å². The summed E-state index contributed by atoms with van der Waals surface area (Å²) in [5.41, 5.74) is 1.70. The molecule has 0 heterocycles. The van der Waals surface area contributed by atoms with E-state index < -0.39 is 7.29 Å². The first-order valence-electron chi connectivity index (χ1n) is 7.64. The van der Waals surface area contributed by atoms with Crippen molar-refractivity contribution in [3.05, 3.63) is 95.0 Å². The highest BCUT2D eigenvalue weighted by Crippen LogP contribution is 2.45. The van der Waals surface area contributed by atoms with Gasteiger partial charge in [0.1, 0.15) is 0 Å². The third-order valence-corrected chi connectivity index (χ3v) is 7.04. The van der Waals surface area contributed by atoms with Crippen LogP contribution in [0.3, 0.4) is 0 Å². The highest BCUT2D eigenvalue weighted by atomic mass is 79.9. The molecule has 0 unspecified atom stereocenters. The largest absolute Gasteiger partial charge is 0.288 e. The molecular formula is C20H17BrNOP. The summed E-state index contributed by atoms with van der Waals surface area (Å²) < 4.78 is 19.6. The van der Waals surface area contributed by atoms with Gasteiger partial charge in [-0.3, -0.25) is 4.57 Å². The van der Waals surface area contributed by atoms with Crippen LogP contribution in [0.1, 0.15) is 12.5 Å². The molecule has 0 amide bonds. The van der Waals surface area contributed by atoms with Gasteiger partial charge in [-0.15, -0.1) is 0 Å². The van der Waals surface area contributed by atoms with Crippen molar-refractivity contribution in [3.63, 3.8) is 0 Å². The highest BCUT2D eigenvalue weighted by Gasteiger charge is 2.26. The van der Waals surface area contributed by atoms with E-state index in [1.54, 1.807) is 0 Å². The highest BCUT2D eigenvalue weighted by molar-refractivity contribution is 9.10. The van der Waals surface area contributed by atoms with E-state index in [1.165, 1.54) is 0 Å². The molecule has 0 atom stereocenters. The normalized spacial score (nSPS) is 12.2. The molecule has 0 aliphatic heterocycles. The molecule has 2 nitrogen and oxygen atoms in total. The van der Waals surface area contributed by atoms with E-state index >= 15 is 0 Å². The summed E-state index contributed by atoms with van der Waals surface area (Å²) in [7, 11) is -3.10. The van der Waals surface area contributed by atoms with Gasteiger partial charge in [-0.25, -0.2) is 4.76 Å². The zero-order valence-electron chi connectivity index (χ0n) is 13.3. The molecule has 3 aromatic carbocycles. The zero-order chi connectivity index (χ0) is 17.0. The predicted octanol–water partition coefficient (Wildman–Crippen LogP) is 5.19. The van der Waals surface area contributed by atoms with Crippen molar-refractivity contribution < 1.29 is 4.57 Å². The summed E-state index contributed by atoms with van der Waals surface area (Å²) in [5.74, 6) is 0. The minimum absolute atomic E-state index is 0.739. The predicted molar refractivity (Wildman–Crippen MR) is 106 cm³/mol. The average molecular weight is 398 g/mol. The van der Waals surface area contributed by atoms with E-state index in [-0.39, 0.29) is 0 Å². The molecule has 0 aliphatic rings. The summed E-state index contributed by atoms with van der Waals surface area (Å²) >= 11 is 3.55. The average Bonchev–Trinajstić information content (AvgIpc) is 2.63. The molecule has 0 fully saturated rings. The van der Waals surface area contributed by atoms with Gasteiger partial charge in [-0.2, -0.15) is 0 Å². The summed E-state index contributed by atoms with van der Waals surface area (Å²) in [6.07, 6.45) is 0. The molecule has 0 saturated carbocycles. The summed E-state index contributed by atoms with van der Waals surface area (Å²) in [5, 5.41) is 1.48. The number of rotatable bonds is 4. The Kier molecular flexibility index (Phi) is 5.13. The molecule has 0 radical (unpaired) electrons. The molecule has 3 rings (SSSR count). The van der Waals surface area contributed by atoms with Gasteiger partial charge >= 0.3 is 0 Å². The Labute approximate surface area is 150 Å².